The number of ether oxygens (including phenoxy) is 1. The van der Waals surface area contributed by atoms with Crippen molar-refractivity contribution in [3.63, 3.8) is 0 Å². The van der Waals surface area contributed by atoms with Crippen LogP contribution in [-0.4, -0.2) is 59.6 Å². The van der Waals surface area contributed by atoms with E-state index in [1.54, 1.807) is 64.0 Å². The van der Waals surface area contributed by atoms with Crippen LogP contribution in [0.25, 0.3) is 32.1 Å². The SMILES string of the molecule is CCOC(=O)c1csc(-n2cc(Cc3ccc(S(N)(=O)=O)cc3)c3cc(F)ccc32)n1.NS(=O)(=O)c1ccc(Cc2cn(-c3nc(C(=O)O)cs3)c3ccc(F)cc23)cc1. The molecule has 8 aromatic rings. The Kier molecular flexibility index (Phi) is 11.8. The van der Waals surface area contributed by atoms with Gasteiger partial charge in [-0.1, -0.05) is 24.3 Å². The van der Waals surface area contributed by atoms with Crippen molar-refractivity contribution in [3.8, 4) is 10.3 Å². The minimum absolute atomic E-state index is 0.0127. The van der Waals surface area contributed by atoms with Gasteiger partial charge in [0.05, 0.1) is 27.4 Å². The number of benzene rings is 4. The number of nitrogens with two attached hydrogens (primary N) is 2. The second kappa shape index (κ2) is 16.8. The van der Waals surface area contributed by atoms with Gasteiger partial charge in [0, 0.05) is 33.9 Å². The van der Waals surface area contributed by atoms with Crippen LogP contribution in [0.5, 0.6) is 0 Å². The van der Waals surface area contributed by atoms with Crippen LogP contribution < -0.4 is 10.3 Å². The van der Waals surface area contributed by atoms with Crippen molar-refractivity contribution in [1.82, 2.24) is 19.1 Å². The Bertz CT molecular complexity index is 3140. The molecule has 8 rings (SSSR count). The molecule has 20 heteroatoms. The molecule has 0 spiro atoms. The zero-order valence-electron chi connectivity index (χ0n) is 31.2. The minimum atomic E-state index is -3.78. The summed E-state index contributed by atoms with van der Waals surface area (Å²) in [5.74, 6) is -2.39. The Hall–Kier alpha value is -6.16. The number of carboxylic acid groups (broad SMARTS) is 1. The number of carboxylic acids is 1. The molecule has 0 fully saturated rings. The number of esters is 1. The number of hydrogen-bond donors (Lipinski definition) is 3. The Labute approximate surface area is 349 Å². The van der Waals surface area contributed by atoms with Crippen LogP contribution >= 0.6 is 22.7 Å². The number of hydrogen-bond acceptors (Lipinski definition) is 11. The quantitative estimate of drug-likeness (QED) is 0.115. The molecule has 60 heavy (non-hydrogen) atoms. The lowest BCUT2D eigenvalue weighted by Gasteiger charge is -2.03. The monoisotopic (exact) mass is 890 g/mol. The fourth-order valence-corrected chi connectivity index (χ4v) is 8.92. The number of nitrogens with zero attached hydrogens (tertiary/aromatic N) is 4. The van der Waals surface area contributed by atoms with E-state index < -0.39 is 37.8 Å². The molecule has 4 aromatic carbocycles. The molecule has 5 N–H and O–H groups in total. The third-order valence-corrected chi connectivity index (χ3v) is 12.6. The van der Waals surface area contributed by atoms with E-state index in [0.29, 0.717) is 39.4 Å². The van der Waals surface area contributed by atoms with E-state index in [9.17, 15) is 35.2 Å². The van der Waals surface area contributed by atoms with Crippen LogP contribution in [0.1, 0.15) is 50.2 Å². The molecule has 0 aliphatic rings. The number of halogens is 2. The summed E-state index contributed by atoms with van der Waals surface area (Å²) in [7, 11) is -7.55. The Morgan fingerprint density at radius 1 is 0.683 bits per heavy atom. The summed E-state index contributed by atoms with van der Waals surface area (Å²) in [6.07, 6.45) is 4.47. The highest BCUT2D eigenvalue weighted by molar-refractivity contribution is 7.89. The van der Waals surface area contributed by atoms with Crippen LogP contribution in [0.2, 0.25) is 0 Å². The number of aromatic nitrogens is 4. The molecule has 308 valence electrons. The van der Waals surface area contributed by atoms with Crippen molar-refractivity contribution < 1.29 is 45.0 Å². The lowest BCUT2D eigenvalue weighted by atomic mass is 10.0. The highest BCUT2D eigenvalue weighted by Crippen LogP contribution is 2.31. The van der Waals surface area contributed by atoms with E-state index in [-0.39, 0.29) is 33.6 Å². The molecule has 0 radical (unpaired) electrons. The summed E-state index contributed by atoms with van der Waals surface area (Å²) < 4.78 is 82.1. The molecule has 14 nitrogen and oxygen atoms in total. The van der Waals surface area contributed by atoms with E-state index in [1.807, 2.05) is 6.20 Å². The molecule has 0 atom stereocenters. The number of thiazole rings is 2. The van der Waals surface area contributed by atoms with E-state index in [0.717, 1.165) is 27.8 Å². The maximum atomic E-state index is 14.0. The predicted molar refractivity (Wildman–Crippen MR) is 222 cm³/mol. The molecule has 0 aliphatic carbocycles. The first-order chi connectivity index (χ1) is 28.5. The minimum Gasteiger partial charge on any atom is -0.476 e. The molecule has 0 bridgehead atoms. The maximum Gasteiger partial charge on any atom is 0.357 e. The average molecular weight is 891 g/mol. The summed E-state index contributed by atoms with van der Waals surface area (Å²) in [4.78, 5) is 31.6. The molecule has 0 saturated heterocycles. The highest BCUT2D eigenvalue weighted by atomic mass is 32.2. The summed E-state index contributed by atoms with van der Waals surface area (Å²) >= 11 is 2.45. The molecule has 0 saturated carbocycles. The second-order valence-corrected chi connectivity index (χ2v) is 18.0. The number of carbonyl (C=O) groups is 2. The molecule has 0 aliphatic heterocycles. The molecular formula is C40H32F2N6O8S4. The Morgan fingerprint density at radius 2 is 1.10 bits per heavy atom. The number of fused-ring (bicyclic) bond motifs is 2. The number of sulfonamides is 2. The first-order valence-electron chi connectivity index (χ1n) is 17.6. The van der Waals surface area contributed by atoms with Crippen LogP contribution in [0.3, 0.4) is 0 Å². The molecule has 4 aromatic heterocycles. The number of rotatable bonds is 11. The summed E-state index contributed by atoms with van der Waals surface area (Å²) in [6.45, 7) is 1.98. The number of primary sulfonamides is 2. The van der Waals surface area contributed by atoms with Crippen molar-refractivity contribution in [3.05, 3.63) is 153 Å². The van der Waals surface area contributed by atoms with Crippen molar-refractivity contribution >= 4 is 76.5 Å². The standard InChI is InChI=1S/C21H18FN3O4S2.C19H14FN3O4S2/c1-2-29-20(26)18-12-30-21(24-18)25-11-14(17-10-15(22)5-8-19(17)25)9-13-3-6-16(7-4-13)31(23,27)28;20-13-3-6-17-15(8-13)12(7-11-1-4-14(5-2-11)29(21,26)27)9-23(17)19-22-16(10-28-19)18(24)25/h3-8,10-12H,2,9H2,1H3,(H2,23,27,28);1-6,8-10H,7H2,(H,24,25)(H2,21,26,27). The van der Waals surface area contributed by atoms with Crippen LogP contribution in [0.4, 0.5) is 8.78 Å². The van der Waals surface area contributed by atoms with Gasteiger partial charge in [-0.05, 0) is 103 Å². The number of carbonyl (C=O) groups excluding carboxylic acids is 1. The van der Waals surface area contributed by atoms with Gasteiger partial charge in [-0.3, -0.25) is 9.13 Å². The van der Waals surface area contributed by atoms with Crippen LogP contribution in [-0.2, 0) is 37.6 Å². The van der Waals surface area contributed by atoms with Gasteiger partial charge in [-0.25, -0.2) is 55.5 Å². The average Bonchev–Trinajstić information content (AvgIpc) is 4.01. The van der Waals surface area contributed by atoms with Crippen molar-refractivity contribution in [2.75, 3.05) is 6.61 Å². The van der Waals surface area contributed by atoms with Gasteiger partial charge < -0.3 is 9.84 Å². The van der Waals surface area contributed by atoms with E-state index in [2.05, 4.69) is 9.97 Å². The normalized spacial score (nSPS) is 11.8. The Balaban J connectivity index is 0.000000182. The van der Waals surface area contributed by atoms with Crippen LogP contribution in [0, 0.1) is 11.6 Å². The first kappa shape index (κ1) is 42.0. The second-order valence-electron chi connectivity index (χ2n) is 13.2. The van der Waals surface area contributed by atoms with Crippen molar-refractivity contribution in [2.45, 2.75) is 29.6 Å². The van der Waals surface area contributed by atoms with Gasteiger partial charge in [0.2, 0.25) is 20.0 Å². The smallest absolute Gasteiger partial charge is 0.357 e. The summed E-state index contributed by atoms with van der Waals surface area (Å²) in [5, 5.41) is 24.8. The zero-order valence-corrected chi connectivity index (χ0v) is 34.4. The van der Waals surface area contributed by atoms with Crippen molar-refractivity contribution in [2.24, 2.45) is 10.3 Å². The fraction of sp³-hybridized carbons (Fsp3) is 0.100. The van der Waals surface area contributed by atoms with Gasteiger partial charge in [-0.15, -0.1) is 22.7 Å². The van der Waals surface area contributed by atoms with Crippen LogP contribution in [0.15, 0.2) is 118 Å². The topological polar surface area (TPSA) is 220 Å². The molecule has 0 unspecified atom stereocenters. The summed E-state index contributed by atoms with van der Waals surface area (Å²) in [6, 6.07) is 21.2. The molecule has 0 amide bonds. The Morgan fingerprint density at radius 3 is 1.48 bits per heavy atom. The van der Waals surface area contributed by atoms with Gasteiger partial charge >= 0.3 is 11.9 Å². The summed E-state index contributed by atoms with van der Waals surface area (Å²) in [5.41, 5.74) is 4.84. The van der Waals surface area contributed by atoms with Gasteiger partial charge in [0.15, 0.2) is 21.7 Å². The van der Waals surface area contributed by atoms with Crippen molar-refractivity contribution in [1.29, 1.82) is 0 Å². The highest BCUT2D eigenvalue weighted by Gasteiger charge is 2.19. The van der Waals surface area contributed by atoms with E-state index in [1.165, 1.54) is 76.6 Å². The van der Waals surface area contributed by atoms with Gasteiger partial charge in [0.1, 0.15) is 11.6 Å². The van der Waals surface area contributed by atoms with Gasteiger partial charge in [-0.2, -0.15) is 0 Å². The lowest BCUT2D eigenvalue weighted by Crippen LogP contribution is -2.11. The predicted octanol–water partition coefficient (Wildman–Crippen LogP) is 6.80. The molecule has 4 heterocycles. The largest absolute Gasteiger partial charge is 0.476 e. The number of aromatic carboxylic acids is 1. The third kappa shape index (κ3) is 9.18. The van der Waals surface area contributed by atoms with Gasteiger partial charge in [0.25, 0.3) is 0 Å². The van der Waals surface area contributed by atoms with E-state index in [4.69, 9.17) is 20.1 Å². The maximum absolute atomic E-state index is 14.0. The fourth-order valence-electron chi connectivity index (χ4n) is 6.32. The first-order valence-corrected chi connectivity index (χ1v) is 22.5. The van der Waals surface area contributed by atoms with E-state index >= 15 is 0 Å². The zero-order chi connectivity index (χ0) is 42.9. The lowest BCUT2D eigenvalue weighted by molar-refractivity contribution is 0.0519. The third-order valence-electron chi connectivity index (χ3n) is 9.09. The molecular weight excluding hydrogens is 859 g/mol.